The lowest BCUT2D eigenvalue weighted by molar-refractivity contribution is -0.137. The van der Waals surface area contributed by atoms with Gasteiger partial charge in [0.25, 0.3) is 0 Å². The van der Waals surface area contributed by atoms with Crippen LogP contribution in [0.2, 0.25) is 0 Å². The number of pyridine rings is 1. The summed E-state index contributed by atoms with van der Waals surface area (Å²) in [5.74, 6) is 0.858. The van der Waals surface area contributed by atoms with Crippen molar-refractivity contribution >= 4 is 17.7 Å². The third kappa shape index (κ3) is 5.71. The molecule has 0 atom stereocenters. The number of rotatable bonds is 5. The van der Waals surface area contributed by atoms with Crippen LogP contribution < -0.4 is 5.32 Å². The summed E-state index contributed by atoms with van der Waals surface area (Å²) in [4.78, 5) is 15.7. The molecule has 1 fully saturated rings. The molecule has 1 amide bonds. The summed E-state index contributed by atoms with van der Waals surface area (Å²) in [5.41, 5.74) is -0.779. The van der Waals surface area contributed by atoms with Crippen LogP contribution in [0.5, 0.6) is 0 Å². The molecular formula is C16H21F3N2OS. The van der Waals surface area contributed by atoms with E-state index < -0.39 is 11.7 Å². The Labute approximate surface area is 138 Å². The van der Waals surface area contributed by atoms with E-state index in [1.807, 2.05) is 0 Å². The van der Waals surface area contributed by atoms with Gasteiger partial charge < -0.3 is 5.32 Å². The van der Waals surface area contributed by atoms with Crippen LogP contribution in [0.1, 0.15) is 44.6 Å². The highest BCUT2D eigenvalue weighted by atomic mass is 32.2. The van der Waals surface area contributed by atoms with E-state index in [0.29, 0.717) is 5.03 Å². The minimum absolute atomic E-state index is 0.0864. The van der Waals surface area contributed by atoms with Gasteiger partial charge in [0.1, 0.15) is 0 Å². The zero-order chi connectivity index (χ0) is 16.9. The number of amides is 1. The number of carbonyl (C=O) groups is 1. The van der Waals surface area contributed by atoms with E-state index >= 15 is 0 Å². The molecule has 2 rings (SSSR count). The number of nitrogens with zero attached hydrogens (tertiary/aromatic N) is 1. The summed E-state index contributed by atoms with van der Waals surface area (Å²) in [6.07, 6.45) is 1.91. The topological polar surface area (TPSA) is 42.0 Å². The van der Waals surface area contributed by atoms with Crippen molar-refractivity contribution in [2.45, 2.75) is 56.3 Å². The van der Waals surface area contributed by atoms with Gasteiger partial charge in [0.05, 0.1) is 16.3 Å². The number of carbonyl (C=O) groups excluding carboxylic acids is 1. The van der Waals surface area contributed by atoms with Crippen LogP contribution in [0.25, 0.3) is 0 Å². The second-order valence-corrected chi connectivity index (χ2v) is 6.86. The lowest BCUT2D eigenvalue weighted by Gasteiger charge is -2.28. The van der Waals surface area contributed by atoms with Gasteiger partial charge in [0, 0.05) is 12.2 Å². The maximum atomic E-state index is 12.4. The van der Waals surface area contributed by atoms with E-state index in [1.54, 1.807) is 0 Å². The van der Waals surface area contributed by atoms with E-state index in [1.165, 1.54) is 12.5 Å². The molecule has 128 valence electrons. The van der Waals surface area contributed by atoms with Crippen molar-refractivity contribution in [3.63, 3.8) is 0 Å². The van der Waals surface area contributed by atoms with Gasteiger partial charge in [-0.15, -0.1) is 0 Å². The van der Waals surface area contributed by atoms with Crippen molar-refractivity contribution in [3.05, 3.63) is 23.9 Å². The molecule has 1 N–H and O–H groups in total. The monoisotopic (exact) mass is 346 g/mol. The van der Waals surface area contributed by atoms with Crippen molar-refractivity contribution in [3.8, 4) is 0 Å². The molecule has 0 spiro atoms. The van der Waals surface area contributed by atoms with Gasteiger partial charge in [-0.05, 0) is 43.7 Å². The highest BCUT2D eigenvalue weighted by molar-refractivity contribution is 7.99. The summed E-state index contributed by atoms with van der Waals surface area (Å²) < 4.78 is 37.3. The molecule has 23 heavy (non-hydrogen) atoms. The Balaban J connectivity index is 1.74. The summed E-state index contributed by atoms with van der Waals surface area (Å²) in [6, 6.07) is 2.51. The van der Waals surface area contributed by atoms with Crippen LogP contribution >= 0.6 is 11.8 Å². The molecule has 1 aliphatic rings. The minimum Gasteiger partial charge on any atom is -0.353 e. The molecule has 3 nitrogen and oxygen atoms in total. The van der Waals surface area contributed by atoms with Gasteiger partial charge in [0.2, 0.25) is 5.91 Å². The average molecular weight is 346 g/mol. The lowest BCUT2D eigenvalue weighted by Crippen LogP contribution is -2.38. The van der Waals surface area contributed by atoms with Gasteiger partial charge in [0.15, 0.2) is 0 Å². The Morgan fingerprint density at radius 3 is 2.52 bits per heavy atom. The van der Waals surface area contributed by atoms with E-state index in [0.717, 1.165) is 55.6 Å². The molecule has 0 bridgehead atoms. The standard InChI is InChI=1S/C16H21F3N2OS/c1-2-11-3-6-13(7-4-11)21-14(22)10-23-15-8-5-12(9-20-15)16(17,18)19/h5,8-9,11,13H,2-4,6-7,10H2,1H3,(H,21,22). The Morgan fingerprint density at radius 1 is 1.30 bits per heavy atom. The smallest absolute Gasteiger partial charge is 0.353 e. The summed E-state index contributed by atoms with van der Waals surface area (Å²) in [5, 5.41) is 3.42. The summed E-state index contributed by atoms with van der Waals surface area (Å²) in [6.45, 7) is 2.19. The molecule has 0 aliphatic heterocycles. The van der Waals surface area contributed by atoms with Gasteiger partial charge in [-0.3, -0.25) is 4.79 Å². The highest BCUT2D eigenvalue weighted by Gasteiger charge is 2.30. The molecule has 0 radical (unpaired) electrons. The second-order valence-electron chi connectivity index (χ2n) is 5.86. The fourth-order valence-corrected chi connectivity index (χ4v) is 3.41. The zero-order valence-electron chi connectivity index (χ0n) is 13.0. The van der Waals surface area contributed by atoms with Crippen molar-refractivity contribution in [2.75, 3.05) is 5.75 Å². The van der Waals surface area contributed by atoms with E-state index in [2.05, 4.69) is 17.2 Å². The SMILES string of the molecule is CCC1CCC(NC(=O)CSc2ccc(C(F)(F)F)cn2)CC1. The van der Waals surface area contributed by atoms with Crippen LogP contribution in [0.15, 0.2) is 23.4 Å². The first-order valence-corrected chi connectivity index (χ1v) is 8.82. The van der Waals surface area contributed by atoms with Crippen LogP contribution in [-0.2, 0) is 11.0 Å². The highest BCUT2D eigenvalue weighted by Crippen LogP contribution is 2.29. The Hall–Kier alpha value is -1.24. The molecule has 1 aromatic rings. The van der Waals surface area contributed by atoms with Gasteiger partial charge in [-0.1, -0.05) is 25.1 Å². The molecule has 7 heteroatoms. The number of alkyl halides is 3. The van der Waals surface area contributed by atoms with Crippen molar-refractivity contribution in [1.82, 2.24) is 10.3 Å². The van der Waals surface area contributed by atoms with Crippen LogP contribution in [0.3, 0.4) is 0 Å². The number of nitrogens with one attached hydrogen (secondary N) is 1. The van der Waals surface area contributed by atoms with Crippen LogP contribution in [0.4, 0.5) is 13.2 Å². The van der Waals surface area contributed by atoms with Crippen molar-refractivity contribution in [2.24, 2.45) is 5.92 Å². The Bertz CT molecular complexity index is 511. The number of thioether (sulfide) groups is 1. The zero-order valence-corrected chi connectivity index (χ0v) is 13.8. The number of aromatic nitrogens is 1. The van der Waals surface area contributed by atoms with Gasteiger partial charge >= 0.3 is 6.18 Å². The first-order chi connectivity index (χ1) is 10.9. The van der Waals surface area contributed by atoms with E-state index in [9.17, 15) is 18.0 Å². The third-order valence-electron chi connectivity index (χ3n) is 4.20. The molecule has 1 saturated carbocycles. The minimum atomic E-state index is -4.38. The van der Waals surface area contributed by atoms with Crippen LogP contribution in [-0.4, -0.2) is 22.7 Å². The Morgan fingerprint density at radius 2 is 2.00 bits per heavy atom. The van der Waals surface area contributed by atoms with Crippen LogP contribution in [0, 0.1) is 5.92 Å². The summed E-state index contributed by atoms with van der Waals surface area (Å²) in [7, 11) is 0. The molecule has 1 aliphatic carbocycles. The second kappa shape index (κ2) is 8.04. The first-order valence-electron chi connectivity index (χ1n) is 7.84. The molecular weight excluding hydrogens is 325 g/mol. The fraction of sp³-hybridized carbons (Fsp3) is 0.625. The lowest BCUT2D eigenvalue weighted by atomic mass is 9.84. The number of hydrogen-bond acceptors (Lipinski definition) is 3. The van der Waals surface area contributed by atoms with Crippen molar-refractivity contribution < 1.29 is 18.0 Å². The molecule has 0 unspecified atom stereocenters. The largest absolute Gasteiger partial charge is 0.417 e. The summed E-state index contributed by atoms with van der Waals surface area (Å²) >= 11 is 1.15. The maximum absolute atomic E-state index is 12.4. The molecule has 0 aromatic carbocycles. The maximum Gasteiger partial charge on any atom is 0.417 e. The van der Waals surface area contributed by atoms with Gasteiger partial charge in [-0.2, -0.15) is 13.2 Å². The normalized spacial score (nSPS) is 21.9. The fourth-order valence-electron chi connectivity index (χ4n) is 2.76. The predicted molar refractivity (Wildman–Crippen MR) is 84.1 cm³/mol. The van der Waals surface area contributed by atoms with Gasteiger partial charge in [-0.25, -0.2) is 4.98 Å². The molecule has 1 heterocycles. The van der Waals surface area contributed by atoms with E-state index in [-0.39, 0.29) is 17.7 Å². The van der Waals surface area contributed by atoms with Crippen molar-refractivity contribution in [1.29, 1.82) is 0 Å². The van der Waals surface area contributed by atoms with E-state index in [4.69, 9.17) is 0 Å². The number of hydrogen-bond donors (Lipinski definition) is 1. The quantitative estimate of drug-likeness (QED) is 0.809. The molecule has 0 saturated heterocycles. The number of halogens is 3. The predicted octanol–water partition coefficient (Wildman–Crippen LogP) is 4.28. The third-order valence-corrected chi connectivity index (χ3v) is 5.15. The Kier molecular flexibility index (Phi) is 6.33. The first kappa shape index (κ1) is 18.1. The average Bonchev–Trinajstić information content (AvgIpc) is 2.53. The molecule has 1 aromatic heterocycles.